The Kier molecular flexibility index (Phi) is 5.79. The quantitative estimate of drug-likeness (QED) is 0.852. The van der Waals surface area contributed by atoms with Crippen LogP contribution in [0.2, 0.25) is 0 Å². The number of aliphatic hydroxyl groups excluding tert-OH is 1. The highest BCUT2D eigenvalue weighted by Gasteiger charge is 2.41. The lowest BCUT2D eigenvalue weighted by atomic mass is 10.1. The minimum absolute atomic E-state index is 0.0505. The predicted octanol–water partition coefficient (Wildman–Crippen LogP) is 1.84. The van der Waals surface area contributed by atoms with E-state index >= 15 is 0 Å². The molecule has 2 heterocycles. The van der Waals surface area contributed by atoms with Gasteiger partial charge in [-0.1, -0.05) is 13.8 Å². The normalized spacial score (nSPS) is 27.3. The molecular formula is C19H32N4O2. The fourth-order valence-corrected chi connectivity index (χ4v) is 4.42. The molecule has 6 heteroatoms. The summed E-state index contributed by atoms with van der Waals surface area (Å²) in [7, 11) is 1.85. The van der Waals surface area contributed by atoms with Gasteiger partial charge >= 0.3 is 0 Å². The lowest BCUT2D eigenvalue weighted by Gasteiger charge is -2.32. The van der Waals surface area contributed by atoms with Crippen molar-refractivity contribution in [2.75, 3.05) is 20.1 Å². The Morgan fingerprint density at radius 1 is 1.36 bits per heavy atom. The van der Waals surface area contributed by atoms with Gasteiger partial charge in [-0.05, 0) is 38.8 Å². The van der Waals surface area contributed by atoms with Crippen molar-refractivity contribution in [3.05, 3.63) is 18.2 Å². The molecule has 3 atom stereocenters. The second-order valence-electron chi connectivity index (χ2n) is 7.83. The third-order valence-corrected chi connectivity index (χ3v) is 5.88. The zero-order chi connectivity index (χ0) is 18.0. The fourth-order valence-electron chi connectivity index (χ4n) is 4.42. The van der Waals surface area contributed by atoms with Gasteiger partial charge in [-0.3, -0.25) is 9.69 Å². The molecule has 140 valence electrons. The molecule has 2 aliphatic rings. The Hall–Kier alpha value is -1.40. The summed E-state index contributed by atoms with van der Waals surface area (Å²) < 4.78 is 2.06. The molecule has 1 saturated heterocycles. The Balaban J connectivity index is 1.54. The average Bonchev–Trinajstić information content (AvgIpc) is 3.31. The molecule has 0 spiro atoms. The van der Waals surface area contributed by atoms with Crippen molar-refractivity contribution in [1.29, 1.82) is 0 Å². The van der Waals surface area contributed by atoms with E-state index < -0.39 is 6.10 Å². The highest BCUT2D eigenvalue weighted by atomic mass is 16.3. The first-order chi connectivity index (χ1) is 12.0. The Morgan fingerprint density at radius 2 is 2.08 bits per heavy atom. The molecule has 3 rings (SSSR count). The van der Waals surface area contributed by atoms with Crippen molar-refractivity contribution in [2.24, 2.45) is 0 Å². The number of likely N-dealkylation sites (N-methyl/N-ethyl adjacent to an activating group) is 1. The first-order valence-electron chi connectivity index (χ1n) is 9.68. The van der Waals surface area contributed by atoms with Gasteiger partial charge in [0.05, 0.1) is 12.1 Å². The maximum atomic E-state index is 12.6. The minimum atomic E-state index is -0.425. The van der Waals surface area contributed by atoms with Gasteiger partial charge in [-0.2, -0.15) is 0 Å². The number of carbonyl (C=O) groups is 1. The maximum absolute atomic E-state index is 12.6. The first kappa shape index (κ1) is 18.4. The number of aryl methyl sites for hydroxylation is 1. The first-order valence-corrected chi connectivity index (χ1v) is 9.68. The SMILES string of the molecule is CC(C)c1nccn1CCC(=O)N(C)[C@@H]1CC[C@@H](N2CCCC2)[C@@H]1O. The number of rotatable bonds is 6. The second kappa shape index (κ2) is 7.87. The number of hydrogen-bond donors (Lipinski definition) is 1. The van der Waals surface area contributed by atoms with E-state index in [-0.39, 0.29) is 18.0 Å². The highest BCUT2D eigenvalue weighted by molar-refractivity contribution is 5.76. The molecule has 1 N–H and O–H groups in total. The molecule has 25 heavy (non-hydrogen) atoms. The van der Waals surface area contributed by atoms with Crippen molar-refractivity contribution >= 4 is 5.91 Å². The zero-order valence-corrected chi connectivity index (χ0v) is 15.8. The molecule has 1 aliphatic heterocycles. The van der Waals surface area contributed by atoms with Crippen molar-refractivity contribution in [3.8, 4) is 0 Å². The second-order valence-corrected chi connectivity index (χ2v) is 7.83. The summed E-state index contributed by atoms with van der Waals surface area (Å²) in [5.41, 5.74) is 0. The highest BCUT2D eigenvalue weighted by Crippen LogP contribution is 2.30. The van der Waals surface area contributed by atoms with Crippen LogP contribution in [0.3, 0.4) is 0 Å². The van der Waals surface area contributed by atoms with Crippen molar-refractivity contribution in [1.82, 2.24) is 19.4 Å². The largest absolute Gasteiger partial charge is 0.389 e. The Labute approximate surface area is 150 Å². The molecule has 2 fully saturated rings. The summed E-state index contributed by atoms with van der Waals surface area (Å²) >= 11 is 0. The number of imidazole rings is 1. The molecule has 0 unspecified atom stereocenters. The van der Waals surface area contributed by atoms with Gasteiger partial charge in [0.2, 0.25) is 5.91 Å². The van der Waals surface area contributed by atoms with Crippen molar-refractivity contribution in [2.45, 2.75) is 76.6 Å². The van der Waals surface area contributed by atoms with Crippen molar-refractivity contribution in [3.63, 3.8) is 0 Å². The standard InChI is InChI=1S/C19H32N4O2/c1-14(2)19-20-9-13-23(19)12-8-17(24)21(3)15-6-7-16(18(15)25)22-10-4-5-11-22/h9,13-16,18,25H,4-8,10-12H2,1-3H3/t15-,16-,18-/m1/s1. The molecule has 1 saturated carbocycles. The van der Waals surface area contributed by atoms with E-state index in [1.165, 1.54) is 12.8 Å². The van der Waals surface area contributed by atoms with Crippen LogP contribution >= 0.6 is 0 Å². The molecule has 0 radical (unpaired) electrons. The van der Waals surface area contributed by atoms with E-state index in [9.17, 15) is 9.90 Å². The number of likely N-dealkylation sites (tertiary alicyclic amines) is 1. The molecule has 1 aliphatic carbocycles. The molecule has 6 nitrogen and oxygen atoms in total. The fraction of sp³-hybridized carbons (Fsp3) is 0.789. The number of amides is 1. The van der Waals surface area contributed by atoms with Gasteiger partial charge in [0.25, 0.3) is 0 Å². The maximum Gasteiger partial charge on any atom is 0.224 e. The van der Waals surface area contributed by atoms with Crippen LogP contribution in [0.15, 0.2) is 12.4 Å². The topological polar surface area (TPSA) is 61.6 Å². The van der Waals surface area contributed by atoms with E-state index in [2.05, 4.69) is 28.3 Å². The van der Waals surface area contributed by atoms with Crippen LogP contribution in [0.5, 0.6) is 0 Å². The van der Waals surface area contributed by atoms with Gasteiger partial charge < -0.3 is 14.6 Å². The lowest BCUT2D eigenvalue weighted by Crippen LogP contribution is -2.48. The molecular weight excluding hydrogens is 316 g/mol. The summed E-state index contributed by atoms with van der Waals surface area (Å²) in [6, 6.07) is 0.175. The van der Waals surface area contributed by atoms with Gasteiger partial charge in [0, 0.05) is 44.4 Å². The van der Waals surface area contributed by atoms with Crippen LogP contribution in [-0.4, -0.2) is 68.7 Å². The van der Waals surface area contributed by atoms with E-state index in [0.717, 1.165) is 31.8 Å². The van der Waals surface area contributed by atoms with Crippen molar-refractivity contribution < 1.29 is 9.90 Å². The molecule has 0 bridgehead atoms. The van der Waals surface area contributed by atoms with E-state index in [1.807, 2.05) is 13.2 Å². The van der Waals surface area contributed by atoms with Crippen LogP contribution < -0.4 is 0 Å². The number of carbonyl (C=O) groups excluding carboxylic acids is 1. The Morgan fingerprint density at radius 3 is 2.76 bits per heavy atom. The number of nitrogens with zero attached hydrogens (tertiary/aromatic N) is 4. The minimum Gasteiger partial charge on any atom is -0.389 e. The average molecular weight is 348 g/mol. The summed E-state index contributed by atoms with van der Waals surface area (Å²) in [4.78, 5) is 21.2. The molecule has 1 amide bonds. The zero-order valence-electron chi connectivity index (χ0n) is 15.8. The summed E-state index contributed by atoms with van der Waals surface area (Å²) in [5.74, 6) is 1.47. The van der Waals surface area contributed by atoms with Gasteiger partial charge in [0.1, 0.15) is 5.82 Å². The number of aliphatic hydroxyl groups is 1. The van der Waals surface area contributed by atoms with E-state index in [4.69, 9.17) is 0 Å². The monoisotopic (exact) mass is 348 g/mol. The summed E-state index contributed by atoms with van der Waals surface area (Å²) in [5, 5.41) is 10.7. The van der Waals surface area contributed by atoms with Crippen LogP contribution in [-0.2, 0) is 11.3 Å². The summed E-state index contributed by atoms with van der Waals surface area (Å²) in [6.07, 6.45) is 8.10. The van der Waals surface area contributed by atoms with Gasteiger partial charge in [-0.15, -0.1) is 0 Å². The van der Waals surface area contributed by atoms with Gasteiger partial charge in [0.15, 0.2) is 0 Å². The van der Waals surface area contributed by atoms with E-state index in [0.29, 0.717) is 18.9 Å². The van der Waals surface area contributed by atoms with Crippen LogP contribution in [0.4, 0.5) is 0 Å². The number of hydrogen-bond acceptors (Lipinski definition) is 4. The summed E-state index contributed by atoms with van der Waals surface area (Å²) in [6.45, 7) is 7.05. The molecule has 1 aromatic heterocycles. The van der Waals surface area contributed by atoms with Crippen LogP contribution in [0.1, 0.15) is 57.7 Å². The molecule has 1 aromatic rings. The predicted molar refractivity (Wildman–Crippen MR) is 97.3 cm³/mol. The Bertz CT molecular complexity index is 580. The van der Waals surface area contributed by atoms with Crippen LogP contribution in [0.25, 0.3) is 0 Å². The third kappa shape index (κ3) is 3.90. The van der Waals surface area contributed by atoms with E-state index in [1.54, 1.807) is 11.1 Å². The van der Waals surface area contributed by atoms with Crippen LogP contribution in [0, 0.1) is 0 Å². The third-order valence-electron chi connectivity index (χ3n) is 5.88. The lowest BCUT2D eigenvalue weighted by molar-refractivity contribution is -0.134. The molecule has 0 aromatic carbocycles. The smallest absolute Gasteiger partial charge is 0.224 e. The van der Waals surface area contributed by atoms with Gasteiger partial charge in [-0.25, -0.2) is 4.98 Å². The number of aromatic nitrogens is 2.